The molecule has 0 aliphatic rings. The molecule has 0 aromatic heterocycles. The van der Waals surface area contributed by atoms with E-state index in [-0.39, 0.29) is 16.7 Å². The number of rotatable bonds is 6. The highest BCUT2D eigenvalue weighted by molar-refractivity contribution is 7.87. The van der Waals surface area contributed by atoms with Crippen LogP contribution in [0.1, 0.15) is 65.0 Å². The smallest absolute Gasteiger partial charge is 0.455 e. The molecular formula is C19H28F2O5S. The molecule has 1 rings (SSSR count). The second-order valence-corrected chi connectivity index (χ2v) is 10.5. The van der Waals surface area contributed by atoms with Crippen LogP contribution in [0.15, 0.2) is 24.3 Å². The number of hydrogen-bond donors (Lipinski definition) is 1. The first-order valence-electron chi connectivity index (χ1n) is 8.56. The monoisotopic (exact) mass is 406 g/mol. The molecule has 0 heterocycles. The van der Waals surface area contributed by atoms with Gasteiger partial charge in [-0.15, -0.1) is 0 Å². The highest BCUT2D eigenvalue weighted by Gasteiger charge is 2.54. The Hall–Kier alpha value is -1.54. The number of alkyl halides is 2. The summed E-state index contributed by atoms with van der Waals surface area (Å²) in [5.74, 6) is -2.05. The fraction of sp³-hybridized carbons (Fsp3) is 0.632. The lowest BCUT2D eigenvalue weighted by Gasteiger charge is -2.36. The highest BCUT2D eigenvalue weighted by Crippen LogP contribution is 2.43. The van der Waals surface area contributed by atoms with Crippen molar-refractivity contribution in [2.24, 2.45) is 10.8 Å². The van der Waals surface area contributed by atoms with Crippen molar-refractivity contribution >= 4 is 16.1 Å². The van der Waals surface area contributed by atoms with Gasteiger partial charge in [0.2, 0.25) is 0 Å². The Morgan fingerprint density at radius 2 is 1.56 bits per heavy atom. The van der Waals surface area contributed by atoms with Gasteiger partial charge in [0.15, 0.2) is 0 Å². The summed E-state index contributed by atoms with van der Waals surface area (Å²) >= 11 is 0. The maximum atomic E-state index is 13.2. The van der Waals surface area contributed by atoms with E-state index in [9.17, 15) is 22.0 Å². The quantitative estimate of drug-likeness (QED) is 0.543. The Kier molecular flexibility index (Phi) is 6.82. The van der Waals surface area contributed by atoms with E-state index < -0.39 is 27.9 Å². The van der Waals surface area contributed by atoms with Gasteiger partial charge in [-0.25, -0.2) is 4.79 Å². The number of halogens is 2. The average molecular weight is 406 g/mol. The summed E-state index contributed by atoms with van der Waals surface area (Å²) in [6.45, 7) is 12.4. The van der Waals surface area contributed by atoms with Crippen LogP contribution in [0.5, 0.6) is 0 Å². The molecule has 0 bridgehead atoms. The SMILES string of the molecule is CC(C)(C)CC(c1ccc(COC(=O)C(F)(F)S(=O)(=O)O)cc1)C(C)(C)C. The summed E-state index contributed by atoms with van der Waals surface area (Å²) in [7, 11) is -5.87. The first-order chi connectivity index (χ1) is 11.9. The summed E-state index contributed by atoms with van der Waals surface area (Å²) in [4.78, 5) is 11.2. The fourth-order valence-corrected chi connectivity index (χ4v) is 2.99. The molecule has 1 unspecified atom stereocenters. The topological polar surface area (TPSA) is 80.7 Å². The Bertz CT molecular complexity index is 757. The van der Waals surface area contributed by atoms with Gasteiger partial charge in [0.25, 0.3) is 0 Å². The average Bonchev–Trinajstić information content (AvgIpc) is 2.48. The molecule has 0 aliphatic heterocycles. The number of carbonyl (C=O) groups is 1. The normalized spacial score (nSPS) is 14.7. The van der Waals surface area contributed by atoms with Crippen molar-refractivity contribution in [2.75, 3.05) is 0 Å². The van der Waals surface area contributed by atoms with Crippen LogP contribution in [0.4, 0.5) is 8.78 Å². The third-order valence-electron chi connectivity index (χ3n) is 4.18. The molecule has 27 heavy (non-hydrogen) atoms. The Morgan fingerprint density at radius 1 is 1.07 bits per heavy atom. The van der Waals surface area contributed by atoms with E-state index in [1.54, 1.807) is 12.1 Å². The van der Waals surface area contributed by atoms with E-state index in [1.165, 1.54) is 0 Å². The summed E-state index contributed by atoms with van der Waals surface area (Å²) in [5.41, 5.74) is 1.64. The van der Waals surface area contributed by atoms with Gasteiger partial charge < -0.3 is 4.74 Å². The zero-order valence-electron chi connectivity index (χ0n) is 16.5. The molecule has 0 aliphatic carbocycles. The van der Waals surface area contributed by atoms with Crippen LogP contribution >= 0.6 is 0 Å². The van der Waals surface area contributed by atoms with Crippen LogP contribution in [0.25, 0.3) is 0 Å². The zero-order valence-corrected chi connectivity index (χ0v) is 17.4. The van der Waals surface area contributed by atoms with E-state index >= 15 is 0 Å². The number of hydrogen-bond acceptors (Lipinski definition) is 4. The lowest BCUT2D eigenvalue weighted by atomic mass is 9.69. The van der Waals surface area contributed by atoms with E-state index in [0.717, 1.165) is 12.0 Å². The van der Waals surface area contributed by atoms with Crippen molar-refractivity contribution in [3.63, 3.8) is 0 Å². The first-order valence-corrected chi connectivity index (χ1v) is 10.00. The van der Waals surface area contributed by atoms with Crippen molar-refractivity contribution < 1.29 is 31.3 Å². The molecule has 1 aromatic rings. The van der Waals surface area contributed by atoms with Crippen molar-refractivity contribution in [2.45, 2.75) is 65.7 Å². The molecule has 154 valence electrons. The summed E-state index contributed by atoms with van der Waals surface area (Å²) in [6.07, 6.45) is 0.950. The highest BCUT2D eigenvalue weighted by atomic mass is 32.2. The third-order valence-corrected chi connectivity index (χ3v) is 4.99. The fourth-order valence-electron chi connectivity index (χ4n) is 2.72. The molecule has 0 saturated heterocycles. The first kappa shape index (κ1) is 23.5. The van der Waals surface area contributed by atoms with Gasteiger partial charge in [-0.2, -0.15) is 17.2 Å². The molecule has 5 nitrogen and oxygen atoms in total. The van der Waals surface area contributed by atoms with Crippen LogP contribution in [0.2, 0.25) is 0 Å². The lowest BCUT2D eigenvalue weighted by molar-refractivity contribution is -0.162. The summed E-state index contributed by atoms with van der Waals surface area (Å²) in [6, 6.07) is 7.00. The predicted molar refractivity (Wildman–Crippen MR) is 99.0 cm³/mol. The van der Waals surface area contributed by atoms with Crippen LogP contribution in [-0.2, 0) is 26.3 Å². The van der Waals surface area contributed by atoms with E-state index in [0.29, 0.717) is 5.56 Å². The van der Waals surface area contributed by atoms with Crippen LogP contribution in [-0.4, -0.2) is 24.2 Å². The molecule has 1 N–H and O–H groups in total. The van der Waals surface area contributed by atoms with Crippen molar-refractivity contribution in [1.29, 1.82) is 0 Å². The standard InChI is InChI=1S/C19H28F2O5S/c1-17(2,3)11-15(18(4,5)6)14-9-7-13(8-10-14)12-26-16(22)19(20,21)27(23,24)25/h7-10,15H,11-12H2,1-6H3,(H,23,24,25). The molecule has 0 amide bonds. The van der Waals surface area contributed by atoms with Gasteiger partial charge in [-0.05, 0) is 34.3 Å². The molecule has 1 aromatic carbocycles. The van der Waals surface area contributed by atoms with Crippen LogP contribution in [0.3, 0.4) is 0 Å². The minimum atomic E-state index is -5.87. The lowest BCUT2D eigenvalue weighted by Crippen LogP contribution is -2.38. The maximum absolute atomic E-state index is 13.2. The number of benzene rings is 1. The summed E-state index contributed by atoms with van der Waals surface area (Å²) < 4.78 is 60.2. The summed E-state index contributed by atoms with van der Waals surface area (Å²) in [5, 5.41) is -4.99. The minimum absolute atomic E-state index is 0.0127. The number of esters is 1. The van der Waals surface area contributed by atoms with Gasteiger partial charge in [-0.1, -0.05) is 65.8 Å². The molecule has 0 saturated carbocycles. The number of ether oxygens (including phenoxy) is 1. The number of carbonyl (C=O) groups excluding carboxylic acids is 1. The van der Waals surface area contributed by atoms with Crippen molar-refractivity contribution in [3.8, 4) is 0 Å². The van der Waals surface area contributed by atoms with Gasteiger partial charge in [0.05, 0.1) is 0 Å². The van der Waals surface area contributed by atoms with Gasteiger partial charge in [-0.3, -0.25) is 4.55 Å². The van der Waals surface area contributed by atoms with Crippen LogP contribution in [0, 0.1) is 10.8 Å². The molecule has 8 heteroatoms. The minimum Gasteiger partial charge on any atom is -0.455 e. The Morgan fingerprint density at radius 3 is 1.93 bits per heavy atom. The Labute approximate surface area is 159 Å². The van der Waals surface area contributed by atoms with E-state index in [4.69, 9.17) is 4.55 Å². The van der Waals surface area contributed by atoms with Crippen molar-refractivity contribution in [3.05, 3.63) is 35.4 Å². The van der Waals surface area contributed by atoms with Crippen LogP contribution < -0.4 is 0 Å². The van der Waals surface area contributed by atoms with Crippen molar-refractivity contribution in [1.82, 2.24) is 0 Å². The van der Waals surface area contributed by atoms with E-state index in [2.05, 4.69) is 46.3 Å². The molecular weight excluding hydrogens is 378 g/mol. The van der Waals surface area contributed by atoms with E-state index in [1.807, 2.05) is 12.1 Å². The van der Waals surface area contributed by atoms with Gasteiger partial charge in [0.1, 0.15) is 6.61 Å². The molecule has 0 spiro atoms. The molecule has 0 fully saturated rings. The molecule has 0 radical (unpaired) electrons. The maximum Gasteiger partial charge on any atom is 0.465 e. The molecule has 1 atom stereocenters. The van der Waals surface area contributed by atoms with Gasteiger partial charge in [0, 0.05) is 0 Å². The zero-order chi connectivity index (χ0) is 21.3. The second kappa shape index (κ2) is 7.83. The predicted octanol–water partition coefficient (Wildman–Crippen LogP) is 4.78. The third kappa shape index (κ3) is 6.53. The Balaban J connectivity index is 2.91. The largest absolute Gasteiger partial charge is 0.465 e. The van der Waals surface area contributed by atoms with Gasteiger partial charge >= 0.3 is 21.3 Å². The second-order valence-electron chi connectivity index (χ2n) is 8.99.